The second kappa shape index (κ2) is 2.98. The molecular formula is C9H7NO. The summed E-state index contributed by atoms with van der Waals surface area (Å²) in [5, 5.41) is 0. The molecule has 2 heteroatoms. The maximum atomic E-state index is 10.3. The van der Waals surface area contributed by atoms with Crippen LogP contribution in [0.4, 0.5) is 0 Å². The van der Waals surface area contributed by atoms with Crippen LogP contribution in [0.1, 0.15) is 21.6 Å². The van der Waals surface area contributed by atoms with E-state index in [4.69, 9.17) is 6.42 Å². The van der Waals surface area contributed by atoms with E-state index in [9.17, 15) is 4.79 Å². The Morgan fingerprint density at radius 1 is 1.73 bits per heavy atom. The van der Waals surface area contributed by atoms with Crippen LogP contribution < -0.4 is 0 Å². The summed E-state index contributed by atoms with van der Waals surface area (Å²) >= 11 is 0. The highest BCUT2D eigenvalue weighted by Gasteiger charge is 1.96. The molecule has 0 N–H and O–H groups in total. The summed E-state index contributed by atoms with van der Waals surface area (Å²) in [7, 11) is 0. The number of rotatable bonds is 1. The third-order valence-corrected chi connectivity index (χ3v) is 1.37. The number of hydrogen-bond acceptors (Lipinski definition) is 2. The molecule has 0 saturated heterocycles. The number of terminal acetylenes is 1. The van der Waals surface area contributed by atoms with E-state index >= 15 is 0 Å². The number of carbonyl (C=O) groups is 1. The van der Waals surface area contributed by atoms with Crippen molar-refractivity contribution in [3.8, 4) is 12.3 Å². The van der Waals surface area contributed by atoms with E-state index in [0.717, 1.165) is 11.8 Å². The average molecular weight is 145 g/mol. The molecule has 0 aromatic carbocycles. The van der Waals surface area contributed by atoms with Gasteiger partial charge in [0.05, 0.1) is 0 Å². The Bertz CT molecular complexity index is 323. The van der Waals surface area contributed by atoms with Gasteiger partial charge in [-0.2, -0.15) is 0 Å². The second-order valence-electron chi connectivity index (χ2n) is 2.20. The van der Waals surface area contributed by atoms with Crippen molar-refractivity contribution in [2.45, 2.75) is 6.92 Å². The molecule has 0 aliphatic heterocycles. The molecule has 0 aliphatic rings. The lowest BCUT2D eigenvalue weighted by Crippen LogP contribution is -1.90. The van der Waals surface area contributed by atoms with E-state index in [1.54, 1.807) is 6.07 Å². The molecule has 0 fully saturated rings. The molecule has 0 spiro atoms. The van der Waals surface area contributed by atoms with Crippen LogP contribution in [0.5, 0.6) is 0 Å². The number of aryl methyl sites for hydroxylation is 1. The normalized spacial score (nSPS) is 8.73. The Balaban J connectivity index is 3.22. The van der Waals surface area contributed by atoms with Gasteiger partial charge in [0.2, 0.25) is 0 Å². The summed E-state index contributed by atoms with van der Waals surface area (Å²) in [5.41, 5.74) is 2.01. The van der Waals surface area contributed by atoms with Crippen molar-refractivity contribution in [2.75, 3.05) is 0 Å². The van der Waals surface area contributed by atoms with Crippen molar-refractivity contribution >= 4 is 6.29 Å². The predicted molar refractivity (Wildman–Crippen MR) is 42.3 cm³/mol. The first-order chi connectivity index (χ1) is 5.27. The fourth-order valence-corrected chi connectivity index (χ4v) is 0.812. The van der Waals surface area contributed by atoms with Crippen LogP contribution >= 0.6 is 0 Å². The highest BCUT2D eigenvalue weighted by Crippen LogP contribution is 2.03. The summed E-state index contributed by atoms with van der Waals surface area (Å²) < 4.78 is 0. The van der Waals surface area contributed by atoms with Gasteiger partial charge in [0.15, 0.2) is 6.29 Å². The standard InChI is InChI=1S/C9H7NO/c1-3-9-7(2)4-8(6-11)5-10-9/h1,4-6H,2H3. The molecule has 54 valence electrons. The van der Waals surface area contributed by atoms with Gasteiger partial charge in [-0.25, -0.2) is 4.98 Å². The summed E-state index contributed by atoms with van der Waals surface area (Å²) in [6.07, 6.45) is 7.36. The number of pyridine rings is 1. The van der Waals surface area contributed by atoms with E-state index in [0.29, 0.717) is 11.3 Å². The third-order valence-electron chi connectivity index (χ3n) is 1.37. The van der Waals surface area contributed by atoms with Crippen LogP contribution in [0.25, 0.3) is 0 Å². The van der Waals surface area contributed by atoms with Crippen LogP contribution in [0.2, 0.25) is 0 Å². The zero-order valence-electron chi connectivity index (χ0n) is 6.16. The summed E-state index contributed by atoms with van der Waals surface area (Å²) in [5.74, 6) is 2.42. The lowest BCUT2D eigenvalue weighted by molar-refractivity contribution is 0.112. The van der Waals surface area contributed by atoms with Crippen LogP contribution in [-0.2, 0) is 0 Å². The van der Waals surface area contributed by atoms with Gasteiger partial charge in [0.25, 0.3) is 0 Å². The molecule has 1 rings (SSSR count). The van der Waals surface area contributed by atoms with Crippen molar-refractivity contribution in [3.05, 3.63) is 29.1 Å². The van der Waals surface area contributed by atoms with Gasteiger partial charge in [-0.3, -0.25) is 4.79 Å². The molecule has 0 unspecified atom stereocenters. The molecular weight excluding hydrogens is 138 g/mol. The quantitative estimate of drug-likeness (QED) is 0.438. The van der Waals surface area contributed by atoms with Crippen LogP contribution in [-0.4, -0.2) is 11.3 Å². The molecule has 1 heterocycles. The molecule has 1 aromatic rings. The minimum atomic E-state index is 0.557. The zero-order chi connectivity index (χ0) is 8.27. The van der Waals surface area contributed by atoms with Gasteiger partial charge < -0.3 is 0 Å². The highest BCUT2D eigenvalue weighted by molar-refractivity contribution is 5.74. The van der Waals surface area contributed by atoms with Crippen molar-refractivity contribution < 1.29 is 4.79 Å². The topological polar surface area (TPSA) is 30.0 Å². The first-order valence-corrected chi connectivity index (χ1v) is 3.16. The van der Waals surface area contributed by atoms with E-state index in [1.807, 2.05) is 6.92 Å². The van der Waals surface area contributed by atoms with Crippen molar-refractivity contribution in [3.63, 3.8) is 0 Å². The number of aldehydes is 1. The van der Waals surface area contributed by atoms with Gasteiger partial charge in [-0.1, -0.05) is 0 Å². The van der Waals surface area contributed by atoms with Gasteiger partial charge in [-0.15, -0.1) is 6.42 Å². The number of aromatic nitrogens is 1. The average Bonchev–Trinajstić information content (AvgIpc) is 2.04. The zero-order valence-corrected chi connectivity index (χ0v) is 6.16. The Morgan fingerprint density at radius 2 is 2.45 bits per heavy atom. The molecule has 2 nitrogen and oxygen atoms in total. The number of carbonyl (C=O) groups excluding carboxylic acids is 1. The lowest BCUT2D eigenvalue weighted by Gasteiger charge is -1.96. The van der Waals surface area contributed by atoms with E-state index in [2.05, 4.69) is 10.9 Å². The van der Waals surface area contributed by atoms with E-state index in [1.165, 1.54) is 6.20 Å². The minimum absolute atomic E-state index is 0.557. The summed E-state index contributed by atoms with van der Waals surface area (Å²) in [4.78, 5) is 14.2. The van der Waals surface area contributed by atoms with Gasteiger partial charge in [0, 0.05) is 11.8 Å². The second-order valence-corrected chi connectivity index (χ2v) is 2.20. The van der Waals surface area contributed by atoms with Crippen LogP contribution in [0.3, 0.4) is 0 Å². The van der Waals surface area contributed by atoms with Gasteiger partial charge in [0.1, 0.15) is 5.69 Å². The summed E-state index contributed by atoms with van der Waals surface area (Å²) in [6, 6.07) is 1.72. The van der Waals surface area contributed by atoms with Crippen LogP contribution in [0.15, 0.2) is 12.3 Å². The van der Waals surface area contributed by atoms with E-state index in [-0.39, 0.29) is 0 Å². The fourth-order valence-electron chi connectivity index (χ4n) is 0.812. The van der Waals surface area contributed by atoms with Gasteiger partial charge in [-0.05, 0) is 24.5 Å². The molecule has 0 atom stereocenters. The molecule has 0 aliphatic carbocycles. The minimum Gasteiger partial charge on any atom is -0.298 e. The molecule has 0 bridgehead atoms. The lowest BCUT2D eigenvalue weighted by atomic mass is 10.2. The van der Waals surface area contributed by atoms with Crippen LogP contribution in [0, 0.1) is 19.3 Å². The van der Waals surface area contributed by atoms with E-state index < -0.39 is 0 Å². The van der Waals surface area contributed by atoms with Crippen molar-refractivity contribution in [1.82, 2.24) is 4.98 Å². The largest absolute Gasteiger partial charge is 0.298 e. The van der Waals surface area contributed by atoms with Crippen molar-refractivity contribution in [1.29, 1.82) is 0 Å². The highest BCUT2D eigenvalue weighted by atomic mass is 16.1. The molecule has 1 aromatic heterocycles. The number of hydrogen-bond donors (Lipinski definition) is 0. The smallest absolute Gasteiger partial charge is 0.151 e. The SMILES string of the molecule is C#Cc1ncc(C=O)cc1C. The fraction of sp³-hybridized carbons (Fsp3) is 0.111. The molecule has 0 amide bonds. The predicted octanol–water partition coefficient (Wildman–Crippen LogP) is 1.18. The Morgan fingerprint density at radius 3 is 2.91 bits per heavy atom. The van der Waals surface area contributed by atoms with Gasteiger partial charge >= 0.3 is 0 Å². The third kappa shape index (κ3) is 1.44. The Kier molecular flexibility index (Phi) is 2.03. The first kappa shape index (κ1) is 7.49. The summed E-state index contributed by atoms with van der Waals surface area (Å²) in [6.45, 7) is 1.83. The maximum absolute atomic E-state index is 10.3. The Hall–Kier alpha value is -1.62. The molecule has 0 saturated carbocycles. The Labute approximate surface area is 65.3 Å². The maximum Gasteiger partial charge on any atom is 0.151 e. The number of nitrogens with zero attached hydrogens (tertiary/aromatic N) is 1. The van der Waals surface area contributed by atoms with Crippen molar-refractivity contribution in [2.24, 2.45) is 0 Å². The monoisotopic (exact) mass is 145 g/mol. The molecule has 11 heavy (non-hydrogen) atoms. The first-order valence-electron chi connectivity index (χ1n) is 3.16. The molecule has 0 radical (unpaired) electrons.